The summed E-state index contributed by atoms with van der Waals surface area (Å²) >= 11 is 0. The van der Waals surface area contributed by atoms with Crippen molar-refractivity contribution in [1.82, 2.24) is 0 Å². The van der Waals surface area contributed by atoms with Gasteiger partial charge in [-0.05, 0) is 0 Å². The first-order chi connectivity index (χ1) is 6.88. The lowest BCUT2D eigenvalue weighted by molar-refractivity contribution is -0.280. The van der Waals surface area contributed by atoms with Gasteiger partial charge < -0.3 is 0 Å². The lowest BCUT2D eigenvalue weighted by Crippen LogP contribution is -2.54. The summed E-state index contributed by atoms with van der Waals surface area (Å²) in [5.41, 5.74) is 0. The Hall–Kier alpha value is -0.630. The van der Waals surface area contributed by atoms with Crippen molar-refractivity contribution in [3.8, 4) is 0 Å². The molecule has 0 aliphatic carbocycles. The Morgan fingerprint density at radius 3 is 1.44 bits per heavy atom. The maximum Gasteiger partial charge on any atom is 0.422 e. The molecule has 0 aromatic carbocycles. The fourth-order valence-corrected chi connectivity index (χ4v) is 0.787. The zero-order valence-electron chi connectivity index (χ0n) is 7.76. The largest absolute Gasteiger partial charge is 0.422 e. The van der Waals surface area contributed by atoms with Crippen LogP contribution in [-0.2, 0) is 0 Å². The lowest BCUT2D eigenvalue weighted by atomic mass is 10.0. The van der Waals surface area contributed by atoms with Crippen molar-refractivity contribution >= 4 is 0 Å². The summed E-state index contributed by atoms with van der Waals surface area (Å²) in [6, 6.07) is 0. The van der Waals surface area contributed by atoms with Crippen LogP contribution in [0.1, 0.15) is 13.3 Å². The van der Waals surface area contributed by atoms with Crippen molar-refractivity contribution in [2.24, 2.45) is 0 Å². The molecule has 0 spiro atoms. The zero-order chi connectivity index (χ0) is 13.4. The van der Waals surface area contributed by atoms with E-state index in [2.05, 4.69) is 0 Å². The van der Waals surface area contributed by atoms with E-state index in [9.17, 15) is 39.5 Å². The van der Waals surface area contributed by atoms with Gasteiger partial charge in [0.05, 0.1) is 0 Å². The summed E-state index contributed by atoms with van der Waals surface area (Å²) in [4.78, 5) is 0. The van der Waals surface area contributed by atoms with Crippen molar-refractivity contribution in [2.75, 3.05) is 0 Å². The third-order valence-corrected chi connectivity index (χ3v) is 1.85. The molecule has 0 heterocycles. The highest BCUT2D eigenvalue weighted by molar-refractivity contribution is 4.95. The Bertz CT molecular complexity index is 231. The van der Waals surface area contributed by atoms with Crippen molar-refractivity contribution in [3.05, 3.63) is 0 Å². The molecule has 0 bridgehead atoms. The fraction of sp³-hybridized carbons (Fsp3) is 1.00. The Morgan fingerprint density at radius 2 is 1.19 bits per heavy atom. The molecule has 0 aliphatic rings. The van der Waals surface area contributed by atoms with Gasteiger partial charge in [-0.15, -0.1) is 0 Å². The van der Waals surface area contributed by atoms with Crippen LogP contribution in [-0.4, -0.2) is 30.4 Å². The molecular weight excluding hydrogens is 255 g/mol. The SMILES string of the molecule is CCC(F)(F)C(F)(F)C(F)[C@H](F)C(F)(F)F. The van der Waals surface area contributed by atoms with E-state index in [4.69, 9.17) is 0 Å². The number of hydrogen-bond acceptors (Lipinski definition) is 0. The Kier molecular flexibility index (Phi) is 4.15. The summed E-state index contributed by atoms with van der Waals surface area (Å²) in [7, 11) is 0. The summed E-state index contributed by atoms with van der Waals surface area (Å²) in [6.45, 7) is 0.515. The summed E-state index contributed by atoms with van der Waals surface area (Å²) in [5, 5.41) is 0. The molecule has 0 fully saturated rings. The predicted molar refractivity (Wildman–Crippen MR) is 36.0 cm³/mol. The minimum atomic E-state index is -5.95. The molecule has 98 valence electrons. The van der Waals surface area contributed by atoms with Crippen LogP contribution >= 0.6 is 0 Å². The predicted octanol–water partition coefficient (Wildman–Crippen LogP) is 3.91. The second-order valence-corrected chi connectivity index (χ2v) is 3.03. The minimum absolute atomic E-state index is 0.515. The first-order valence-corrected chi connectivity index (χ1v) is 3.98. The number of alkyl halides is 9. The van der Waals surface area contributed by atoms with E-state index in [-0.39, 0.29) is 0 Å². The Morgan fingerprint density at radius 1 is 0.812 bits per heavy atom. The maximum atomic E-state index is 12.5. The van der Waals surface area contributed by atoms with Gasteiger partial charge in [0, 0.05) is 6.42 Å². The molecule has 0 saturated heterocycles. The Labute approximate surface area is 84.4 Å². The van der Waals surface area contributed by atoms with E-state index >= 15 is 0 Å². The van der Waals surface area contributed by atoms with Crippen LogP contribution in [0, 0.1) is 0 Å². The van der Waals surface area contributed by atoms with Gasteiger partial charge in [-0.25, -0.2) is 8.78 Å². The fourth-order valence-electron chi connectivity index (χ4n) is 0.787. The van der Waals surface area contributed by atoms with Gasteiger partial charge in [-0.3, -0.25) is 0 Å². The van der Waals surface area contributed by atoms with Crippen LogP contribution in [0.25, 0.3) is 0 Å². The van der Waals surface area contributed by atoms with Gasteiger partial charge in [0.25, 0.3) is 0 Å². The maximum absolute atomic E-state index is 12.5. The second kappa shape index (κ2) is 4.33. The van der Waals surface area contributed by atoms with Gasteiger partial charge in [-0.2, -0.15) is 30.7 Å². The van der Waals surface area contributed by atoms with Crippen molar-refractivity contribution in [3.63, 3.8) is 0 Å². The molecule has 0 rings (SSSR count). The van der Waals surface area contributed by atoms with Crippen LogP contribution in [0.2, 0.25) is 0 Å². The molecule has 0 nitrogen and oxygen atoms in total. The Balaban J connectivity index is 5.04. The molecule has 2 atom stereocenters. The molecule has 0 aromatic heterocycles. The van der Waals surface area contributed by atoms with Crippen LogP contribution in [0.3, 0.4) is 0 Å². The number of halogens is 9. The van der Waals surface area contributed by atoms with E-state index in [0.717, 1.165) is 0 Å². The van der Waals surface area contributed by atoms with E-state index in [1.807, 2.05) is 0 Å². The van der Waals surface area contributed by atoms with Gasteiger partial charge in [0.15, 0.2) is 0 Å². The third kappa shape index (κ3) is 2.73. The molecule has 1 unspecified atom stereocenters. The summed E-state index contributed by atoms with van der Waals surface area (Å²) in [6.07, 6.45) is -16.8. The van der Waals surface area contributed by atoms with E-state index < -0.39 is 36.8 Å². The normalized spacial score (nSPS) is 18.4. The molecule has 0 saturated carbocycles. The molecule has 0 amide bonds. The molecule has 9 heteroatoms. The smallest absolute Gasteiger partial charge is 0.237 e. The van der Waals surface area contributed by atoms with Gasteiger partial charge in [-0.1, -0.05) is 6.92 Å². The van der Waals surface area contributed by atoms with Crippen LogP contribution in [0.5, 0.6) is 0 Å². The lowest BCUT2D eigenvalue weighted by Gasteiger charge is -2.30. The van der Waals surface area contributed by atoms with Crippen LogP contribution in [0.15, 0.2) is 0 Å². The zero-order valence-corrected chi connectivity index (χ0v) is 7.76. The summed E-state index contributed by atoms with van der Waals surface area (Å²) < 4.78 is 109. The molecule has 0 aliphatic heterocycles. The highest BCUT2D eigenvalue weighted by Gasteiger charge is 2.66. The number of hydrogen-bond donors (Lipinski definition) is 0. The van der Waals surface area contributed by atoms with Crippen molar-refractivity contribution < 1.29 is 39.5 Å². The first kappa shape index (κ1) is 15.4. The second-order valence-electron chi connectivity index (χ2n) is 3.03. The average molecular weight is 262 g/mol. The van der Waals surface area contributed by atoms with Crippen molar-refractivity contribution in [2.45, 2.75) is 43.7 Å². The monoisotopic (exact) mass is 262 g/mol. The van der Waals surface area contributed by atoms with Gasteiger partial charge in [0.1, 0.15) is 0 Å². The minimum Gasteiger partial charge on any atom is -0.237 e. The highest BCUT2D eigenvalue weighted by Crippen LogP contribution is 2.44. The van der Waals surface area contributed by atoms with E-state index in [1.54, 1.807) is 0 Å². The van der Waals surface area contributed by atoms with Gasteiger partial charge >= 0.3 is 18.0 Å². The average Bonchev–Trinajstić information content (AvgIpc) is 2.13. The molecule has 0 N–H and O–H groups in total. The number of rotatable bonds is 4. The van der Waals surface area contributed by atoms with Crippen LogP contribution in [0.4, 0.5) is 39.5 Å². The van der Waals surface area contributed by atoms with E-state index in [1.165, 1.54) is 0 Å². The molecule has 16 heavy (non-hydrogen) atoms. The third-order valence-electron chi connectivity index (χ3n) is 1.85. The molecular formula is C7H7F9. The van der Waals surface area contributed by atoms with Crippen LogP contribution < -0.4 is 0 Å². The molecule has 0 radical (unpaired) electrons. The highest BCUT2D eigenvalue weighted by atomic mass is 19.4. The van der Waals surface area contributed by atoms with E-state index in [0.29, 0.717) is 6.92 Å². The van der Waals surface area contributed by atoms with Gasteiger partial charge in [0.2, 0.25) is 12.3 Å². The standard InChI is InChI=1S/C7H7F9/c1-2-5(10,11)6(12,13)3(8)4(9)7(14,15)16/h3-4H,2H2,1H3/t3?,4-/m0/s1. The quantitative estimate of drug-likeness (QED) is 0.674. The summed E-state index contributed by atoms with van der Waals surface area (Å²) in [5.74, 6) is -10.8. The van der Waals surface area contributed by atoms with Crippen molar-refractivity contribution in [1.29, 1.82) is 0 Å². The first-order valence-electron chi connectivity index (χ1n) is 3.98. The molecule has 0 aromatic rings. The topological polar surface area (TPSA) is 0 Å².